The molecule has 0 amide bonds. The molecule has 0 aromatic rings. The van der Waals surface area contributed by atoms with Crippen molar-refractivity contribution in [3.63, 3.8) is 0 Å². The summed E-state index contributed by atoms with van der Waals surface area (Å²) >= 11 is 0. The molecule has 0 aliphatic heterocycles. The Labute approximate surface area is 102 Å². The molecule has 0 aromatic heterocycles. The maximum atomic E-state index is 11.3. The van der Waals surface area contributed by atoms with E-state index in [9.17, 15) is 4.79 Å². The molecule has 0 heterocycles. The van der Waals surface area contributed by atoms with Crippen LogP contribution in [0.3, 0.4) is 0 Å². The number of esters is 1. The molecule has 2 fully saturated rings. The van der Waals surface area contributed by atoms with Crippen LogP contribution in [0.5, 0.6) is 0 Å². The molecule has 4 atom stereocenters. The zero-order valence-electron chi connectivity index (χ0n) is 10.0. The summed E-state index contributed by atoms with van der Waals surface area (Å²) in [5, 5.41) is 0. The smallest absolute Gasteiger partial charge is 0.330 e. The van der Waals surface area contributed by atoms with Gasteiger partial charge >= 0.3 is 5.97 Å². The molecule has 0 aromatic carbocycles. The Hall–Kier alpha value is -1.67. The van der Waals surface area contributed by atoms with Gasteiger partial charge in [0.2, 0.25) is 0 Å². The highest BCUT2D eigenvalue weighted by Crippen LogP contribution is 2.66. The molecule has 0 spiro atoms. The fourth-order valence-corrected chi connectivity index (χ4v) is 3.52. The van der Waals surface area contributed by atoms with Gasteiger partial charge in [-0.1, -0.05) is 18.4 Å². The highest BCUT2D eigenvalue weighted by molar-refractivity contribution is 5.81. The van der Waals surface area contributed by atoms with Crippen molar-refractivity contribution >= 4 is 5.97 Å². The fraction of sp³-hybridized carbons (Fsp3) is 0.533. The number of hydrogen-bond acceptors (Lipinski definition) is 2. The molecule has 2 heteroatoms. The van der Waals surface area contributed by atoms with E-state index in [0.29, 0.717) is 5.92 Å². The Balaban J connectivity index is 2.36. The van der Waals surface area contributed by atoms with Crippen LogP contribution in [-0.2, 0) is 9.53 Å². The van der Waals surface area contributed by atoms with Crippen molar-refractivity contribution in [3.05, 3.63) is 12.7 Å². The number of fused-ring (bicyclic) bond motifs is 2. The van der Waals surface area contributed by atoms with Crippen LogP contribution < -0.4 is 0 Å². The lowest BCUT2D eigenvalue weighted by molar-refractivity contribution is -0.148. The maximum absolute atomic E-state index is 11.3. The molecule has 2 nitrogen and oxygen atoms in total. The molecule has 2 saturated carbocycles. The quantitative estimate of drug-likeness (QED) is 0.411. The van der Waals surface area contributed by atoms with E-state index in [4.69, 9.17) is 17.6 Å². The van der Waals surface area contributed by atoms with Crippen molar-refractivity contribution in [2.75, 3.05) is 0 Å². The molecule has 2 rings (SSSR count). The average molecular weight is 228 g/mol. The minimum Gasteiger partial charge on any atom is -0.458 e. The normalized spacial score (nSPS) is 42.5. The third-order valence-electron chi connectivity index (χ3n) is 4.66. The highest BCUT2D eigenvalue weighted by Gasteiger charge is 2.66. The molecular weight excluding hydrogens is 212 g/mol. The number of terminal acetylenes is 2. The molecule has 0 N–H and O–H groups in total. The van der Waals surface area contributed by atoms with Gasteiger partial charge in [0.15, 0.2) is 0 Å². The predicted octanol–water partition coefficient (Wildman–Crippen LogP) is 2.16. The van der Waals surface area contributed by atoms with Crippen LogP contribution in [0.2, 0.25) is 0 Å². The number of carbonyl (C=O) groups excluding carboxylic acids is 1. The van der Waals surface area contributed by atoms with Crippen molar-refractivity contribution in [2.45, 2.75) is 32.3 Å². The Morgan fingerprint density at radius 1 is 1.53 bits per heavy atom. The van der Waals surface area contributed by atoms with Crippen molar-refractivity contribution in [2.24, 2.45) is 16.7 Å². The third-order valence-corrected chi connectivity index (χ3v) is 4.66. The molecule has 88 valence electrons. The van der Waals surface area contributed by atoms with E-state index in [1.807, 2.05) is 6.92 Å². The summed E-state index contributed by atoms with van der Waals surface area (Å²) in [6, 6.07) is 0. The summed E-state index contributed by atoms with van der Waals surface area (Å²) in [7, 11) is 0. The van der Waals surface area contributed by atoms with Gasteiger partial charge in [-0.3, -0.25) is 0 Å². The van der Waals surface area contributed by atoms with Gasteiger partial charge in [-0.05, 0) is 32.1 Å². The number of carbonyl (C=O) groups is 1. The van der Waals surface area contributed by atoms with Gasteiger partial charge in [-0.2, -0.15) is 0 Å². The first-order chi connectivity index (χ1) is 8.04. The van der Waals surface area contributed by atoms with E-state index in [2.05, 4.69) is 18.4 Å². The second-order valence-corrected chi connectivity index (χ2v) is 5.06. The van der Waals surface area contributed by atoms with Crippen LogP contribution in [0, 0.1) is 41.4 Å². The first-order valence-electron chi connectivity index (χ1n) is 5.82. The van der Waals surface area contributed by atoms with Crippen molar-refractivity contribution in [1.82, 2.24) is 0 Å². The lowest BCUT2D eigenvalue weighted by Gasteiger charge is -2.36. The first-order valence-corrected chi connectivity index (χ1v) is 5.82. The highest BCUT2D eigenvalue weighted by atomic mass is 16.5. The van der Waals surface area contributed by atoms with Gasteiger partial charge in [0, 0.05) is 6.08 Å². The van der Waals surface area contributed by atoms with Gasteiger partial charge < -0.3 is 4.74 Å². The van der Waals surface area contributed by atoms with Gasteiger partial charge in [0.05, 0.1) is 10.8 Å². The van der Waals surface area contributed by atoms with E-state index in [1.165, 1.54) is 6.08 Å². The largest absolute Gasteiger partial charge is 0.458 e. The molecule has 0 radical (unpaired) electrons. The van der Waals surface area contributed by atoms with E-state index >= 15 is 0 Å². The molecular formula is C15H16O2. The van der Waals surface area contributed by atoms with E-state index in [-0.39, 0.29) is 11.5 Å². The van der Waals surface area contributed by atoms with Gasteiger partial charge in [0.1, 0.15) is 6.10 Å². The monoisotopic (exact) mass is 228 g/mol. The van der Waals surface area contributed by atoms with Crippen LogP contribution in [0.4, 0.5) is 0 Å². The fourth-order valence-electron chi connectivity index (χ4n) is 3.52. The molecule has 17 heavy (non-hydrogen) atoms. The summed E-state index contributed by atoms with van der Waals surface area (Å²) in [6.45, 7) is 5.42. The summed E-state index contributed by atoms with van der Waals surface area (Å²) in [4.78, 5) is 11.3. The SMILES string of the molecule is C#CC1(C)C2CCC1(C#C)C(OC(=O)C=C)C2. The summed E-state index contributed by atoms with van der Waals surface area (Å²) < 4.78 is 5.39. The standard InChI is InChI=1S/C15H16O2/c1-5-13(16)17-12-10-11-8-9-15(12,7-3)14(11,4)6-2/h2-3,5,11-12H,1,8-10H2,4H3. The van der Waals surface area contributed by atoms with Gasteiger partial charge in [0.25, 0.3) is 0 Å². The Bertz CT molecular complexity index is 451. The average Bonchev–Trinajstić information content (AvgIpc) is 2.76. The zero-order chi connectivity index (χ0) is 12.7. The van der Waals surface area contributed by atoms with Crippen LogP contribution in [0.15, 0.2) is 12.7 Å². The van der Waals surface area contributed by atoms with E-state index in [1.54, 1.807) is 0 Å². The number of ether oxygens (including phenoxy) is 1. The van der Waals surface area contributed by atoms with Crippen LogP contribution in [-0.4, -0.2) is 12.1 Å². The van der Waals surface area contributed by atoms with Crippen LogP contribution >= 0.6 is 0 Å². The predicted molar refractivity (Wildman–Crippen MR) is 65.6 cm³/mol. The van der Waals surface area contributed by atoms with Crippen molar-refractivity contribution in [1.29, 1.82) is 0 Å². The number of rotatable bonds is 2. The topological polar surface area (TPSA) is 26.3 Å². The second kappa shape index (κ2) is 3.67. The Kier molecular flexibility index (Phi) is 2.55. The van der Waals surface area contributed by atoms with Gasteiger partial charge in [-0.15, -0.1) is 12.8 Å². The Morgan fingerprint density at radius 3 is 2.76 bits per heavy atom. The summed E-state index contributed by atoms with van der Waals surface area (Å²) in [5.74, 6) is 5.62. The second-order valence-electron chi connectivity index (χ2n) is 5.06. The minimum atomic E-state index is -0.495. The number of hydrogen-bond donors (Lipinski definition) is 0. The molecule has 0 saturated heterocycles. The zero-order valence-corrected chi connectivity index (χ0v) is 10.0. The van der Waals surface area contributed by atoms with Crippen molar-refractivity contribution < 1.29 is 9.53 Å². The maximum Gasteiger partial charge on any atom is 0.330 e. The van der Waals surface area contributed by atoms with Crippen LogP contribution in [0.1, 0.15) is 26.2 Å². The van der Waals surface area contributed by atoms with E-state index < -0.39 is 11.4 Å². The van der Waals surface area contributed by atoms with Crippen LogP contribution in [0.25, 0.3) is 0 Å². The molecule has 2 bridgehead atoms. The van der Waals surface area contributed by atoms with E-state index in [0.717, 1.165) is 19.3 Å². The minimum absolute atomic E-state index is 0.266. The third kappa shape index (κ3) is 1.28. The lowest BCUT2D eigenvalue weighted by Crippen LogP contribution is -2.40. The Morgan fingerprint density at radius 2 is 2.24 bits per heavy atom. The first kappa shape index (κ1) is 11.8. The van der Waals surface area contributed by atoms with Crippen molar-refractivity contribution in [3.8, 4) is 24.7 Å². The molecule has 2 aliphatic rings. The summed E-state index contributed by atoms with van der Waals surface area (Å²) in [5.41, 5.74) is -0.848. The summed E-state index contributed by atoms with van der Waals surface area (Å²) in [6.07, 6.45) is 14.9. The lowest BCUT2D eigenvalue weighted by atomic mass is 9.68. The molecule has 4 unspecified atom stereocenters. The molecule has 2 aliphatic carbocycles. The van der Waals surface area contributed by atoms with Gasteiger partial charge in [-0.25, -0.2) is 4.79 Å².